The van der Waals surface area contributed by atoms with Gasteiger partial charge in [-0.3, -0.25) is 4.79 Å². The third-order valence-electron chi connectivity index (χ3n) is 15.4. The zero-order chi connectivity index (χ0) is 54.3. The molecule has 7 atom stereocenters. The van der Waals surface area contributed by atoms with E-state index in [2.05, 4.69) is 55.6 Å². The molecule has 9 nitrogen and oxygen atoms in total. The minimum absolute atomic E-state index is 0.190. The zero-order valence-electron chi connectivity index (χ0n) is 49.1. The average Bonchev–Trinajstić information content (AvgIpc) is 3.41. The van der Waals surface area contributed by atoms with Crippen LogP contribution < -0.4 is 5.32 Å². The van der Waals surface area contributed by atoms with E-state index in [-0.39, 0.29) is 12.5 Å². The Labute approximate surface area is 463 Å². The van der Waals surface area contributed by atoms with E-state index in [1.54, 1.807) is 6.08 Å². The van der Waals surface area contributed by atoms with Gasteiger partial charge in [-0.1, -0.05) is 281 Å². The molecule has 6 N–H and O–H groups in total. The third kappa shape index (κ3) is 44.7. The van der Waals surface area contributed by atoms with Gasteiger partial charge in [0.2, 0.25) is 5.91 Å². The Kier molecular flexibility index (Phi) is 52.6. The zero-order valence-corrected chi connectivity index (χ0v) is 49.1. The number of aliphatic hydroxyl groups is 5. The maximum absolute atomic E-state index is 13.1. The van der Waals surface area contributed by atoms with Crippen LogP contribution in [0.3, 0.4) is 0 Å². The molecule has 1 rings (SSSR count). The molecule has 0 spiro atoms. The van der Waals surface area contributed by atoms with Gasteiger partial charge in [-0.25, -0.2) is 0 Å². The fourth-order valence-corrected chi connectivity index (χ4v) is 10.2. The fraction of sp³-hybridized carbons (Fsp3) is 0.864. The van der Waals surface area contributed by atoms with E-state index in [4.69, 9.17) is 9.47 Å². The number of amides is 1. The molecule has 440 valence electrons. The number of allylic oxidation sites excluding steroid dienone is 7. The molecule has 75 heavy (non-hydrogen) atoms. The number of ether oxygens (including phenoxy) is 2. The molecule has 0 bridgehead atoms. The van der Waals surface area contributed by atoms with Crippen molar-refractivity contribution >= 4 is 5.91 Å². The smallest absolute Gasteiger partial charge is 0.220 e. The molecule has 0 aromatic heterocycles. The maximum atomic E-state index is 13.1. The van der Waals surface area contributed by atoms with Crippen LogP contribution in [0.25, 0.3) is 0 Å². The number of aliphatic hydroxyl groups excluding tert-OH is 5. The highest BCUT2D eigenvalue weighted by Gasteiger charge is 2.44. The van der Waals surface area contributed by atoms with E-state index in [0.717, 1.165) is 44.9 Å². The second-order valence-corrected chi connectivity index (χ2v) is 22.5. The third-order valence-corrected chi connectivity index (χ3v) is 15.4. The molecular weight excluding hydrogens is 935 g/mol. The van der Waals surface area contributed by atoms with Crippen molar-refractivity contribution in [2.75, 3.05) is 13.2 Å². The highest BCUT2D eigenvalue weighted by molar-refractivity contribution is 5.76. The van der Waals surface area contributed by atoms with Gasteiger partial charge in [0.15, 0.2) is 6.29 Å². The largest absolute Gasteiger partial charge is 0.394 e. The second-order valence-electron chi connectivity index (χ2n) is 22.5. The Morgan fingerprint density at radius 1 is 0.440 bits per heavy atom. The van der Waals surface area contributed by atoms with Crippen LogP contribution in [0.4, 0.5) is 0 Å². The minimum Gasteiger partial charge on any atom is -0.394 e. The summed E-state index contributed by atoms with van der Waals surface area (Å²) in [5, 5.41) is 54.6. The van der Waals surface area contributed by atoms with Gasteiger partial charge < -0.3 is 40.3 Å². The first-order chi connectivity index (χ1) is 36.8. The topological polar surface area (TPSA) is 149 Å². The highest BCUT2D eigenvalue weighted by atomic mass is 16.7. The molecule has 0 aromatic carbocycles. The predicted molar refractivity (Wildman–Crippen MR) is 318 cm³/mol. The van der Waals surface area contributed by atoms with Crippen molar-refractivity contribution in [3.8, 4) is 0 Å². The molecular formula is C66H123NO8. The predicted octanol–water partition coefficient (Wildman–Crippen LogP) is 16.9. The Balaban J connectivity index is 2.20. The van der Waals surface area contributed by atoms with Gasteiger partial charge in [-0.05, 0) is 70.6 Å². The van der Waals surface area contributed by atoms with Gasteiger partial charge in [0, 0.05) is 6.42 Å². The molecule has 9 heteroatoms. The summed E-state index contributed by atoms with van der Waals surface area (Å²) in [4.78, 5) is 13.1. The number of hydrogen-bond acceptors (Lipinski definition) is 8. The Morgan fingerprint density at radius 3 is 1.12 bits per heavy atom. The Bertz CT molecular complexity index is 1320. The number of nitrogens with one attached hydrogen (secondary N) is 1. The van der Waals surface area contributed by atoms with Crippen LogP contribution in [0.5, 0.6) is 0 Å². The van der Waals surface area contributed by atoms with Crippen LogP contribution in [-0.4, -0.2) is 87.5 Å². The number of rotatable bonds is 56. The van der Waals surface area contributed by atoms with Crippen molar-refractivity contribution in [3.05, 3.63) is 48.6 Å². The van der Waals surface area contributed by atoms with E-state index < -0.39 is 49.5 Å². The summed E-state index contributed by atoms with van der Waals surface area (Å²) in [6.45, 7) is 3.79. The molecule has 7 unspecified atom stereocenters. The highest BCUT2D eigenvalue weighted by Crippen LogP contribution is 2.23. The Morgan fingerprint density at radius 2 is 0.760 bits per heavy atom. The lowest BCUT2D eigenvalue weighted by Crippen LogP contribution is -2.60. The SMILES string of the molecule is CCCCCCCCCC/C=C\CCCCCCCCCCCC(=O)NC(COC1OC(CO)C(O)C(O)C1O)C(O)/C=C/CC/C=C/CC/C=C/CCCCCCCCCCCCCCCCCCCCCCC. The van der Waals surface area contributed by atoms with Crippen molar-refractivity contribution < 1.29 is 39.8 Å². The minimum atomic E-state index is -1.58. The molecule has 0 aliphatic carbocycles. The summed E-state index contributed by atoms with van der Waals surface area (Å²) in [6, 6.07) is -0.831. The van der Waals surface area contributed by atoms with Gasteiger partial charge in [-0.15, -0.1) is 0 Å². The van der Waals surface area contributed by atoms with Crippen LogP contribution in [0.1, 0.15) is 309 Å². The van der Waals surface area contributed by atoms with Crippen LogP contribution in [-0.2, 0) is 14.3 Å². The first kappa shape index (κ1) is 71.2. The number of carbonyl (C=O) groups excluding carboxylic acids is 1. The van der Waals surface area contributed by atoms with Crippen LogP contribution in [0.2, 0.25) is 0 Å². The fourth-order valence-electron chi connectivity index (χ4n) is 10.2. The molecule has 0 radical (unpaired) electrons. The molecule has 1 fully saturated rings. The summed E-state index contributed by atoms with van der Waals surface area (Å²) in [5.41, 5.74) is 0. The molecule has 0 aromatic rings. The molecule has 1 heterocycles. The first-order valence-electron chi connectivity index (χ1n) is 32.4. The van der Waals surface area contributed by atoms with E-state index >= 15 is 0 Å². The molecule has 1 aliphatic rings. The van der Waals surface area contributed by atoms with Gasteiger partial charge in [-0.2, -0.15) is 0 Å². The Hall–Kier alpha value is -1.85. The standard InChI is InChI=1S/C66H123NO8/c1-3-5-7-9-11-13-15-17-19-21-23-25-26-27-28-29-30-31-32-33-34-36-37-39-41-43-45-47-49-51-53-55-60(69)59(58-74-66-65(73)64(72)63(71)61(57-68)75-66)67-62(70)56-54-52-50-48-46-44-42-40-38-35-24-22-20-18-16-14-12-10-8-6-4-2/h22,24,37,39,45,47,53,55,59-61,63-66,68-69,71-73H,3-21,23,25-36,38,40-44,46,48-52,54,56-58H2,1-2H3,(H,67,70)/b24-22-,39-37+,47-45+,55-53+. The second kappa shape index (κ2) is 55.5. The van der Waals surface area contributed by atoms with E-state index in [0.29, 0.717) is 6.42 Å². The van der Waals surface area contributed by atoms with Crippen LogP contribution >= 0.6 is 0 Å². The summed E-state index contributed by atoms with van der Waals surface area (Å²) in [7, 11) is 0. The van der Waals surface area contributed by atoms with Crippen molar-refractivity contribution in [2.45, 2.75) is 352 Å². The molecule has 1 aliphatic heterocycles. The van der Waals surface area contributed by atoms with Gasteiger partial charge in [0.1, 0.15) is 24.4 Å². The molecule has 1 amide bonds. The summed E-state index contributed by atoms with van der Waals surface area (Å²) >= 11 is 0. The lowest BCUT2D eigenvalue weighted by Gasteiger charge is -2.40. The van der Waals surface area contributed by atoms with Crippen LogP contribution in [0.15, 0.2) is 48.6 Å². The summed E-state index contributed by atoms with van der Waals surface area (Å²) < 4.78 is 11.3. The van der Waals surface area contributed by atoms with Crippen molar-refractivity contribution in [1.82, 2.24) is 5.32 Å². The van der Waals surface area contributed by atoms with Crippen LogP contribution in [0, 0.1) is 0 Å². The van der Waals surface area contributed by atoms with Crippen molar-refractivity contribution in [1.29, 1.82) is 0 Å². The van der Waals surface area contributed by atoms with E-state index in [1.807, 2.05) is 6.08 Å². The summed E-state index contributed by atoms with van der Waals surface area (Å²) in [6.07, 6.45) is 67.8. The number of carbonyl (C=O) groups is 1. The number of hydrogen-bond donors (Lipinski definition) is 6. The van der Waals surface area contributed by atoms with Gasteiger partial charge in [0.25, 0.3) is 0 Å². The van der Waals surface area contributed by atoms with Gasteiger partial charge in [0.05, 0.1) is 25.4 Å². The number of unbranched alkanes of at least 4 members (excludes halogenated alkanes) is 40. The lowest BCUT2D eigenvalue weighted by molar-refractivity contribution is -0.302. The van der Waals surface area contributed by atoms with E-state index in [1.165, 1.54) is 244 Å². The summed E-state index contributed by atoms with van der Waals surface area (Å²) in [5.74, 6) is -0.190. The molecule has 1 saturated heterocycles. The first-order valence-corrected chi connectivity index (χ1v) is 32.4. The lowest BCUT2D eigenvalue weighted by atomic mass is 9.99. The average molecular weight is 1060 g/mol. The van der Waals surface area contributed by atoms with Crippen molar-refractivity contribution in [2.24, 2.45) is 0 Å². The monoisotopic (exact) mass is 1060 g/mol. The maximum Gasteiger partial charge on any atom is 0.220 e. The quantitative estimate of drug-likeness (QED) is 0.0261. The van der Waals surface area contributed by atoms with E-state index in [9.17, 15) is 30.3 Å². The van der Waals surface area contributed by atoms with Crippen molar-refractivity contribution in [3.63, 3.8) is 0 Å². The van der Waals surface area contributed by atoms with Gasteiger partial charge >= 0.3 is 0 Å². The normalized spacial score (nSPS) is 19.2. The molecule has 0 saturated carbocycles.